The van der Waals surface area contributed by atoms with Gasteiger partial charge in [0.1, 0.15) is 0 Å². The van der Waals surface area contributed by atoms with Crippen molar-refractivity contribution in [3.8, 4) is 0 Å². The molecule has 2 aromatic heterocycles. The lowest BCUT2D eigenvalue weighted by molar-refractivity contribution is 0.764. The second-order valence-electron chi connectivity index (χ2n) is 5.61. The van der Waals surface area contributed by atoms with E-state index in [1.165, 1.54) is 0 Å². The SMILES string of the molecule is C=CCSc1nnc2n(Cc3ccccc3)c(=O)c3ccccc3n12. The number of fused-ring (bicyclic) bond motifs is 3. The van der Waals surface area contributed by atoms with E-state index in [1.807, 2.05) is 65.1 Å². The summed E-state index contributed by atoms with van der Waals surface area (Å²) in [5, 5.41) is 10.0. The fourth-order valence-electron chi connectivity index (χ4n) is 2.87. The molecule has 0 amide bonds. The Labute approximate surface area is 148 Å². The Morgan fingerprint density at radius 1 is 1.04 bits per heavy atom. The van der Waals surface area contributed by atoms with E-state index in [9.17, 15) is 4.79 Å². The first-order valence-corrected chi connectivity index (χ1v) is 8.92. The molecule has 2 aromatic carbocycles. The van der Waals surface area contributed by atoms with Gasteiger partial charge in [-0.15, -0.1) is 16.8 Å². The third kappa shape index (κ3) is 2.74. The highest BCUT2D eigenvalue weighted by molar-refractivity contribution is 7.99. The second-order valence-corrected chi connectivity index (χ2v) is 6.60. The summed E-state index contributed by atoms with van der Waals surface area (Å²) in [6.45, 7) is 4.21. The van der Waals surface area contributed by atoms with Crippen LogP contribution in [0.2, 0.25) is 0 Å². The number of nitrogens with zero attached hydrogens (tertiary/aromatic N) is 4. The number of aromatic nitrogens is 4. The summed E-state index contributed by atoms with van der Waals surface area (Å²) in [4.78, 5) is 13.0. The fraction of sp³-hybridized carbons (Fsp3) is 0.105. The van der Waals surface area contributed by atoms with Crippen molar-refractivity contribution in [3.63, 3.8) is 0 Å². The largest absolute Gasteiger partial charge is 0.272 e. The van der Waals surface area contributed by atoms with Crippen LogP contribution in [-0.4, -0.2) is 24.9 Å². The highest BCUT2D eigenvalue weighted by atomic mass is 32.2. The van der Waals surface area contributed by atoms with E-state index < -0.39 is 0 Å². The molecule has 0 unspecified atom stereocenters. The molecule has 4 aromatic rings. The zero-order valence-corrected chi connectivity index (χ0v) is 14.3. The number of benzene rings is 2. The highest BCUT2D eigenvalue weighted by Gasteiger charge is 2.16. The van der Waals surface area contributed by atoms with E-state index in [2.05, 4.69) is 16.8 Å². The van der Waals surface area contributed by atoms with E-state index in [0.29, 0.717) is 17.7 Å². The van der Waals surface area contributed by atoms with E-state index in [4.69, 9.17) is 0 Å². The Bertz CT molecular complexity index is 1110. The van der Waals surface area contributed by atoms with Gasteiger partial charge in [0.05, 0.1) is 17.4 Å². The van der Waals surface area contributed by atoms with Crippen molar-refractivity contribution in [2.24, 2.45) is 0 Å². The first-order valence-electron chi connectivity index (χ1n) is 7.94. The van der Waals surface area contributed by atoms with Crippen molar-refractivity contribution >= 4 is 28.4 Å². The van der Waals surface area contributed by atoms with E-state index >= 15 is 0 Å². The molecule has 0 atom stereocenters. The van der Waals surface area contributed by atoms with Crippen molar-refractivity contribution in [1.82, 2.24) is 19.2 Å². The number of thioether (sulfide) groups is 1. The maximum Gasteiger partial charge on any atom is 0.263 e. The summed E-state index contributed by atoms with van der Waals surface area (Å²) in [5.41, 5.74) is 1.81. The van der Waals surface area contributed by atoms with Gasteiger partial charge in [0.2, 0.25) is 5.78 Å². The summed E-state index contributed by atoms with van der Waals surface area (Å²) in [6, 6.07) is 17.5. The van der Waals surface area contributed by atoms with E-state index in [1.54, 1.807) is 16.3 Å². The number of para-hydroxylation sites is 1. The molecule has 4 rings (SSSR count). The van der Waals surface area contributed by atoms with Crippen LogP contribution in [0.15, 0.2) is 77.2 Å². The van der Waals surface area contributed by atoms with E-state index in [0.717, 1.165) is 22.0 Å². The second kappa shape index (κ2) is 6.57. The summed E-state index contributed by atoms with van der Waals surface area (Å²) < 4.78 is 3.64. The van der Waals surface area contributed by atoms with Crippen LogP contribution in [0.1, 0.15) is 5.56 Å². The first-order chi connectivity index (χ1) is 12.3. The average molecular weight is 348 g/mol. The maximum atomic E-state index is 13.0. The van der Waals surface area contributed by atoms with Crippen LogP contribution >= 0.6 is 11.8 Å². The molecule has 0 fully saturated rings. The van der Waals surface area contributed by atoms with Gasteiger partial charge in [-0.2, -0.15) is 0 Å². The zero-order chi connectivity index (χ0) is 17.2. The number of hydrogen-bond donors (Lipinski definition) is 0. The minimum atomic E-state index is -0.0559. The fourth-order valence-corrected chi connectivity index (χ4v) is 3.54. The molecule has 0 N–H and O–H groups in total. The minimum absolute atomic E-state index is 0.0559. The van der Waals surface area contributed by atoms with Gasteiger partial charge >= 0.3 is 0 Å². The summed E-state index contributed by atoms with van der Waals surface area (Å²) in [6.07, 6.45) is 1.83. The predicted octanol–water partition coefficient (Wildman–Crippen LogP) is 3.37. The van der Waals surface area contributed by atoms with Gasteiger partial charge in [-0.1, -0.05) is 60.3 Å². The zero-order valence-electron chi connectivity index (χ0n) is 13.5. The Balaban J connectivity index is 2.00. The summed E-state index contributed by atoms with van der Waals surface area (Å²) in [7, 11) is 0. The van der Waals surface area contributed by atoms with Gasteiger partial charge in [-0.25, -0.2) is 0 Å². The monoisotopic (exact) mass is 348 g/mol. The van der Waals surface area contributed by atoms with Crippen molar-refractivity contribution in [2.75, 3.05) is 5.75 Å². The van der Waals surface area contributed by atoms with Gasteiger partial charge in [-0.05, 0) is 17.7 Å². The van der Waals surface area contributed by atoms with Crippen LogP contribution in [0.4, 0.5) is 0 Å². The molecule has 0 spiro atoms. The number of hydrogen-bond acceptors (Lipinski definition) is 4. The molecule has 0 saturated carbocycles. The lowest BCUT2D eigenvalue weighted by atomic mass is 10.2. The van der Waals surface area contributed by atoms with Crippen LogP contribution in [0.5, 0.6) is 0 Å². The van der Waals surface area contributed by atoms with Crippen LogP contribution in [-0.2, 0) is 6.54 Å². The summed E-state index contributed by atoms with van der Waals surface area (Å²) in [5.74, 6) is 1.28. The molecule has 0 saturated heterocycles. The van der Waals surface area contributed by atoms with Crippen LogP contribution < -0.4 is 5.56 Å². The van der Waals surface area contributed by atoms with Crippen molar-refractivity contribution < 1.29 is 0 Å². The lowest BCUT2D eigenvalue weighted by Gasteiger charge is -2.11. The van der Waals surface area contributed by atoms with Gasteiger partial charge in [0.25, 0.3) is 5.56 Å². The first kappa shape index (κ1) is 15.7. The van der Waals surface area contributed by atoms with Gasteiger partial charge in [-0.3, -0.25) is 13.8 Å². The molecular weight excluding hydrogens is 332 g/mol. The molecule has 6 heteroatoms. The van der Waals surface area contributed by atoms with Crippen LogP contribution in [0.3, 0.4) is 0 Å². The number of rotatable bonds is 5. The summed E-state index contributed by atoms with van der Waals surface area (Å²) >= 11 is 1.55. The highest BCUT2D eigenvalue weighted by Crippen LogP contribution is 2.21. The maximum absolute atomic E-state index is 13.0. The Morgan fingerprint density at radius 2 is 1.80 bits per heavy atom. The van der Waals surface area contributed by atoms with Crippen molar-refractivity contribution in [1.29, 1.82) is 0 Å². The molecule has 124 valence electrons. The topological polar surface area (TPSA) is 52.2 Å². The quantitative estimate of drug-likeness (QED) is 0.410. The van der Waals surface area contributed by atoms with Gasteiger partial charge < -0.3 is 0 Å². The molecule has 0 bridgehead atoms. The smallest absolute Gasteiger partial charge is 0.263 e. The Hall–Kier alpha value is -2.86. The van der Waals surface area contributed by atoms with Crippen LogP contribution in [0, 0.1) is 0 Å². The Morgan fingerprint density at radius 3 is 2.60 bits per heavy atom. The molecule has 0 aliphatic heterocycles. The predicted molar refractivity (Wildman–Crippen MR) is 101 cm³/mol. The molecule has 2 heterocycles. The third-order valence-corrected chi connectivity index (χ3v) is 4.92. The van der Waals surface area contributed by atoms with Crippen LogP contribution in [0.25, 0.3) is 16.7 Å². The molecule has 0 aliphatic carbocycles. The Kier molecular flexibility index (Phi) is 4.11. The molecular formula is C19H16N4OS. The minimum Gasteiger partial charge on any atom is -0.272 e. The molecule has 25 heavy (non-hydrogen) atoms. The van der Waals surface area contributed by atoms with Crippen molar-refractivity contribution in [3.05, 3.63) is 83.2 Å². The normalized spacial score (nSPS) is 11.2. The molecule has 0 radical (unpaired) electrons. The van der Waals surface area contributed by atoms with Crippen molar-refractivity contribution in [2.45, 2.75) is 11.7 Å². The molecule has 5 nitrogen and oxygen atoms in total. The lowest BCUT2D eigenvalue weighted by Crippen LogP contribution is -2.24. The third-order valence-electron chi connectivity index (χ3n) is 3.99. The van der Waals surface area contributed by atoms with E-state index in [-0.39, 0.29) is 5.56 Å². The van der Waals surface area contributed by atoms with Gasteiger partial charge in [0, 0.05) is 5.75 Å². The average Bonchev–Trinajstić information content (AvgIpc) is 3.08. The van der Waals surface area contributed by atoms with Gasteiger partial charge in [0.15, 0.2) is 5.16 Å². The molecule has 0 aliphatic rings. The standard InChI is InChI=1S/C19H16N4OS/c1-2-12-25-19-21-20-18-22(13-14-8-4-3-5-9-14)17(24)15-10-6-7-11-16(15)23(18)19/h2-11H,1,12-13H2.